The highest BCUT2D eigenvalue weighted by Crippen LogP contribution is 2.21. The van der Waals surface area contributed by atoms with Gasteiger partial charge in [0.2, 0.25) is 5.91 Å². The Hall–Kier alpha value is -1.88. The second-order valence-electron chi connectivity index (χ2n) is 6.23. The van der Waals surface area contributed by atoms with E-state index in [-0.39, 0.29) is 11.8 Å². The molecule has 0 spiro atoms. The minimum Gasteiger partial charge on any atom is -0.339 e. The van der Waals surface area contributed by atoms with E-state index in [0.717, 1.165) is 25.8 Å². The van der Waals surface area contributed by atoms with Crippen LogP contribution >= 0.6 is 0 Å². The molecule has 1 unspecified atom stereocenters. The SMILES string of the molecule is CCN(CC)C(=O)c1cccc(NC(=O)C2(C)CCCCN2)c1. The highest BCUT2D eigenvalue weighted by molar-refractivity contribution is 6.00. The molecule has 1 heterocycles. The number of rotatable bonds is 5. The number of hydrogen-bond acceptors (Lipinski definition) is 3. The van der Waals surface area contributed by atoms with E-state index in [2.05, 4.69) is 10.6 Å². The van der Waals surface area contributed by atoms with Crippen molar-refractivity contribution >= 4 is 17.5 Å². The van der Waals surface area contributed by atoms with E-state index in [1.807, 2.05) is 32.9 Å². The summed E-state index contributed by atoms with van der Waals surface area (Å²) in [6.07, 6.45) is 2.99. The number of anilines is 1. The molecule has 2 rings (SSSR count). The van der Waals surface area contributed by atoms with Gasteiger partial charge in [-0.05, 0) is 64.8 Å². The van der Waals surface area contributed by atoms with Crippen molar-refractivity contribution in [2.24, 2.45) is 0 Å². The fraction of sp³-hybridized carbons (Fsp3) is 0.556. The standard InChI is InChI=1S/C18H27N3O2/c1-4-21(5-2)16(22)14-9-8-10-15(13-14)20-17(23)18(3)11-6-7-12-19-18/h8-10,13,19H,4-7,11-12H2,1-3H3,(H,20,23). The minimum absolute atomic E-state index is 0.00639. The number of amides is 2. The third kappa shape index (κ3) is 4.10. The van der Waals surface area contributed by atoms with E-state index in [0.29, 0.717) is 24.3 Å². The summed E-state index contributed by atoms with van der Waals surface area (Å²) in [5, 5.41) is 6.25. The zero-order valence-electron chi connectivity index (χ0n) is 14.3. The second-order valence-corrected chi connectivity index (χ2v) is 6.23. The summed E-state index contributed by atoms with van der Waals surface area (Å²) < 4.78 is 0. The highest BCUT2D eigenvalue weighted by atomic mass is 16.2. The molecular weight excluding hydrogens is 290 g/mol. The maximum atomic E-state index is 12.5. The average Bonchev–Trinajstić information content (AvgIpc) is 2.56. The molecule has 1 aliphatic heterocycles. The zero-order chi connectivity index (χ0) is 16.9. The van der Waals surface area contributed by atoms with Crippen LogP contribution in [-0.4, -0.2) is 41.9 Å². The van der Waals surface area contributed by atoms with Crippen molar-refractivity contribution in [3.8, 4) is 0 Å². The Morgan fingerprint density at radius 3 is 2.61 bits per heavy atom. The van der Waals surface area contributed by atoms with Gasteiger partial charge in [-0.3, -0.25) is 9.59 Å². The first kappa shape index (κ1) is 17.5. The summed E-state index contributed by atoms with van der Waals surface area (Å²) in [5.41, 5.74) is 0.742. The molecule has 1 aliphatic rings. The molecule has 2 amide bonds. The molecule has 5 heteroatoms. The predicted molar refractivity (Wildman–Crippen MR) is 92.6 cm³/mol. The van der Waals surface area contributed by atoms with Gasteiger partial charge in [0, 0.05) is 24.3 Å². The van der Waals surface area contributed by atoms with Crippen LogP contribution in [0.4, 0.5) is 5.69 Å². The maximum Gasteiger partial charge on any atom is 0.253 e. The number of benzene rings is 1. The Balaban J connectivity index is 2.10. The Kier molecular flexibility index (Phi) is 5.77. The van der Waals surface area contributed by atoms with Gasteiger partial charge in [0.15, 0.2) is 0 Å². The van der Waals surface area contributed by atoms with Crippen molar-refractivity contribution in [3.05, 3.63) is 29.8 Å². The number of carbonyl (C=O) groups is 2. The summed E-state index contributed by atoms with van der Waals surface area (Å²) in [5.74, 6) is -0.0438. The summed E-state index contributed by atoms with van der Waals surface area (Å²) >= 11 is 0. The summed E-state index contributed by atoms with van der Waals surface area (Å²) in [4.78, 5) is 26.7. The van der Waals surface area contributed by atoms with Crippen LogP contribution in [-0.2, 0) is 4.79 Å². The third-order valence-electron chi connectivity index (χ3n) is 4.54. The van der Waals surface area contributed by atoms with Gasteiger partial charge in [-0.15, -0.1) is 0 Å². The van der Waals surface area contributed by atoms with E-state index in [4.69, 9.17) is 0 Å². The van der Waals surface area contributed by atoms with Gasteiger partial charge in [-0.25, -0.2) is 0 Å². The Labute approximate surface area is 138 Å². The monoisotopic (exact) mass is 317 g/mol. The topological polar surface area (TPSA) is 61.4 Å². The van der Waals surface area contributed by atoms with Crippen molar-refractivity contribution in [1.29, 1.82) is 0 Å². The molecule has 126 valence electrons. The van der Waals surface area contributed by atoms with E-state index in [9.17, 15) is 9.59 Å². The van der Waals surface area contributed by atoms with Crippen molar-refractivity contribution in [2.75, 3.05) is 25.0 Å². The number of piperidine rings is 1. The van der Waals surface area contributed by atoms with E-state index >= 15 is 0 Å². The van der Waals surface area contributed by atoms with Gasteiger partial charge in [-0.2, -0.15) is 0 Å². The van der Waals surface area contributed by atoms with E-state index < -0.39 is 5.54 Å². The smallest absolute Gasteiger partial charge is 0.253 e. The number of hydrogen-bond donors (Lipinski definition) is 2. The zero-order valence-corrected chi connectivity index (χ0v) is 14.3. The first-order chi connectivity index (χ1) is 11.0. The Bertz CT molecular complexity index is 561. The highest BCUT2D eigenvalue weighted by Gasteiger charge is 2.34. The average molecular weight is 317 g/mol. The van der Waals surface area contributed by atoms with Crippen molar-refractivity contribution in [3.63, 3.8) is 0 Å². The predicted octanol–water partition coefficient (Wildman–Crippen LogP) is 2.64. The molecule has 1 atom stereocenters. The molecule has 1 fully saturated rings. The lowest BCUT2D eigenvalue weighted by molar-refractivity contribution is -0.122. The lowest BCUT2D eigenvalue weighted by Gasteiger charge is -2.33. The minimum atomic E-state index is -0.531. The molecule has 0 aromatic heterocycles. The summed E-state index contributed by atoms with van der Waals surface area (Å²) in [6, 6.07) is 7.17. The van der Waals surface area contributed by atoms with Crippen LogP contribution in [0.3, 0.4) is 0 Å². The van der Waals surface area contributed by atoms with E-state index in [1.54, 1.807) is 17.0 Å². The molecule has 1 aromatic carbocycles. The van der Waals surface area contributed by atoms with Gasteiger partial charge < -0.3 is 15.5 Å². The lowest BCUT2D eigenvalue weighted by Crippen LogP contribution is -2.54. The Morgan fingerprint density at radius 2 is 2.00 bits per heavy atom. The Morgan fingerprint density at radius 1 is 1.26 bits per heavy atom. The quantitative estimate of drug-likeness (QED) is 0.877. The number of nitrogens with zero attached hydrogens (tertiary/aromatic N) is 1. The van der Waals surface area contributed by atoms with Crippen molar-refractivity contribution in [1.82, 2.24) is 10.2 Å². The molecule has 0 bridgehead atoms. The molecule has 0 radical (unpaired) electrons. The molecule has 1 saturated heterocycles. The second kappa shape index (κ2) is 7.59. The number of nitrogens with one attached hydrogen (secondary N) is 2. The summed E-state index contributed by atoms with van der Waals surface area (Å²) in [6.45, 7) is 8.07. The lowest BCUT2D eigenvalue weighted by atomic mass is 9.90. The van der Waals surface area contributed by atoms with Gasteiger partial charge in [0.25, 0.3) is 5.91 Å². The van der Waals surface area contributed by atoms with Crippen LogP contribution < -0.4 is 10.6 Å². The molecule has 23 heavy (non-hydrogen) atoms. The van der Waals surface area contributed by atoms with Gasteiger partial charge in [0.1, 0.15) is 0 Å². The molecule has 5 nitrogen and oxygen atoms in total. The molecule has 2 N–H and O–H groups in total. The third-order valence-corrected chi connectivity index (χ3v) is 4.54. The molecule has 0 aliphatic carbocycles. The largest absolute Gasteiger partial charge is 0.339 e. The van der Waals surface area contributed by atoms with Crippen molar-refractivity contribution < 1.29 is 9.59 Å². The maximum absolute atomic E-state index is 12.5. The molecule has 0 saturated carbocycles. The van der Waals surface area contributed by atoms with Gasteiger partial charge >= 0.3 is 0 Å². The van der Waals surface area contributed by atoms with Crippen LogP contribution in [0, 0.1) is 0 Å². The van der Waals surface area contributed by atoms with Crippen LogP contribution in [0.15, 0.2) is 24.3 Å². The fourth-order valence-electron chi connectivity index (χ4n) is 2.94. The van der Waals surface area contributed by atoms with Gasteiger partial charge in [0.05, 0.1) is 5.54 Å². The van der Waals surface area contributed by atoms with Crippen molar-refractivity contribution in [2.45, 2.75) is 45.6 Å². The van der Waals surface area contributed by atoms with Crippen LogP contribution in [0.5, 0.6) is 0 Å². The number of carbonyl (C=O) groups excluding carboxylic acids is 2. The first-order valence-corrected chi connectivity index (χ1v) is 8.46. The normalized spacial score (nSPS) is 20.8. The van der Waals surface area contributed by atoms with Crippen LogP contribution in [0.1, 0.15) is 50.4 Å². The van der Waals surface area contributed by atoms with E-state index in [1.165, 1.54) is 0 Å². The molecule has 1 aromatic rings. The first-order valence-electron chi connectivity index (χ1n) is 8.46. The molecular formula is C18H27N3O2. The fourth-order valence-corrected chi connectivity index (χ4v) is 2.94. The van der Waals surface area contributed by atoms with Crippen LogP contribution in [0.2, 0.25) is 0 Å². The summed E-state index contributed by atoms with van der Waals surface area (Å²) in [7, 11) is 0. The van der Waals surface area contributed by atoms with Crippen LogP contribution in [0.25, 0.3) is 0 Å². The van der Waals surface area contributed by atoms with Gasteiger partial charge in [-0.1, -0.05) is 6.07 Å².